The maximum Gasteiger partial charge on any atom is 0.573 e. The highest BCUT2D eigenvalue weighted by molar-refractivity contribution is 9.10. The van der Waals surface area contributed by atoms with Crippen molar-refractivity contribution in [2.24, 2.45) is 0 Å². The Hall–Kier alpha value is -1.45. The third-order valence-electron chi connectivity index (χ3n) is 1.64. The first kappa shape index (κ1) is 14.6. The van der Waals surface area contributed by atoms with Crippen molar-refractivity contribution in [3.05, 3.63) is 21.9 Å². The summed E-state index contributed by atoms with van der Waals surface area (Å²) >= 11 is 2.47. The lowest BCUT2D eigenvalue weighted by Gasteiger charge is -2.14. The highest BCUT2D eigenvalue weighted by Crippen LogP contribution is 2.37. The van der Waals surface area contributed by atoms with Crippen molar-refractivity contribution < 1.29 is 36.6 Å². The van der Waals surface area contributed by atoms with Crippen LogP contribution in [-0.4, -0.2) is 22.4 Å². The van der Waals surface area contributed by atoms with Gasteiger partial charge in [-0.3, -0.25) is 0 Å². The third kappa shape index (κ3) is 3.52. The maximum atomic E-state index is 12.5. The summed E-state index contributed by atoms with van der Waals surface area (Å²) in [4.78, 5) is 13.7. The Morgan fingerprint density at radius 1 is 1.44 bits per heavy atom. The number of ether oxygens (including phenoxy) is 1. The Bertz CT molecular complexity index is 477. The molecule has 0 aliphatic carbocycles. The second-order valence-electron chi connectivity index (χ2n) is 2.86. The largest absolute Gasteiger partial charge is 0.573 e. The van der Waals surface area contributed by atoms with Gasteiger partial charge in [0, 0.05) is 6.07 Å². The van der Waals surface area contributed by atoms with Gasteiger partial charge < -0.3 is 9.84 Å². The van der Waals surface area contributed by atoms with Gasteiger partial charge in [0.2, 0.25) is 0 Å². The van der Waals surface area contributed by atoms with Gasteiger partial charge in [0.25, 0.3) is 6.43 Å². The minimum absolute atomic E-state index is 0.280. The van der Waals surface area contributed by atoms with Crippen LogP contribution in [-0.2, 0) is 0 Å². The summed E-state index contributed by atoms with van der Waals surface area (Å²) in [6, 6.07) is 0.280. The van der Waals surface area contributed by atoms with E-state index >= 15 is 0 Å². The second-order valence-corrected chi connectivity index (χ2v) is 3.61. The van der Waals surface area contributed by atoms with Gasteiger partial charge in [0.15, 0.2) is 5.69 Å². The van der Waals surface area contributed by atoms with Gasteiger partial charge >= 0.3 is 12.3 Å². The van der Waals surface area contributed by atoms with Crippen LogP contribution in [0.15, 0.2) is 10.7 Å². The van der Waals surface area contributed by atoms with Crippen molar-refractivity contribution in [3.63, 3.8) is 0 Å². The molecule has 0 saturated carbocycles. The normalized spacial score (nSPS) is 11.7. The van der Waals surface area contributed by atoms with E-state index < -0.39 is 40.4 Å². The molecule has 1 rings (SSSR count). The third-order valence-corrected chi connectivity index (χ3v) is 2.24. The smallest absolute Gasteiger partial charge is 0.477 e. The molecule has 0 atom stereocenters. The lowest BCUT2D eigenvalue weighted by Crippen LogP contribution is -2.19. The first-order chi connectivity index (χ1) is 8.11. The zero-order valence-corrected chi connectivity index (χ0v) is 9.72. The molecule has 0 bridgehead atoms. The van der Waals surface area contributed by atoms with Gasteiger partial charge in [-0.05, 0) is 15.9 Å². The second kappa shape index (κ2) is 5.04. The summed E-state index contributed by atoms with van der Waals surface area (Å²) in [5.74, 6) is -2.99. The van der Waals surface area contributed by atoms with Crippen LogP contribution in [0.25, 0.3) is 0 Å². The highest BCUT2D eigenvalue weighted by atomic mass is 79.9. The van der Waals surface area contributed by atoms with Crippen LogP contribution in [0.5, 0.6) is 5.75 Å². The van der Waals surface area contributed by atoms with Crippen molar-refractivity contribution in [2.45, 2.75) is 12.8 Å². The van der Waals surface area contributed by atoms with E-state index in [0.29, 0.717) is 0 Å². The van der Waals surface area contributed by atoms with E-state index in [1.54, 1.807) is 0 Å². The van der Waals surface area contributed by atoms with Crippen molar-refractivity contribution in [1.82, 2.24) is 4.98 Å². The molecule has 10 heteroatoms. The molecule has 0 saturated heterocycles. The SMILES string of the molecule is O=C(O)c1cc(OC(F)(F)F)c(C(F)F)c(Br)n1. The van der Waals surface area contributed by atoms with Gasteiger partial charge in [0.1, 0.15) is 10.4 Å². The van der Waals surface area contributed by atoms with Crippen LogP contribution >= 0.6 is 15.9 Å². The van der Waals surface area contributed by atoms with Crippen molar-refractivity contribution >= 4 is 21.9 Å². The molecule has 4 nitrogen and oxygen atoms in total. The molecule has 100 valence electrons. The average Bonchev–Trinajstić information content (AvgIpc) is 2.12. The predicted molar refractivity (Wildman–Crippen MR) is 50.5 cm³/mol. The lowest BCUT2D eigenvalue weighted by molar-refractivity contribution is -0.275. The van der Waals surface area contributed by atoms with E-state index in [1.165, 1.54) is 0 Å². The minimum atomic E-state index is -5.22. The zero-order chi connectivity index (χ0) is 14.1. The van der Waals surface area contributed by atoms with Crippen molar-refractivity contribution in [3.8, 4) is 5.75 Å². The Labute approximate surface area is 105 Å². The van der Waals surface area contributed by atoms with Gasteiger partial charge in [0.05, 0.1) is 5.56 Å². The number of alkyl halides is 5. The molecule has 1 aromatic rings. The Morgan fingerprint density at radius 3 is 2.39 bits per heavy atom. The number of carboxylic acid groups (broad SMARTS) is 1. The van der Waals surface area contributed by atoms with Crippen LogP contribution in [0, 0.1) is 0 Å². The van der Waals surface area contributed by atoms with Crippen LogP contribution in [0.2, 0.25) is 0 Å². The molecule has 1 N–H and O–H groups in total. The summed E-state index contributed by atoms with van der Waals surface area (Å²) in [7, 11) is 0. The molecular weight excluding hydrogens is 333 g/mol. The number of rotatable bonds is 3. The fourth-order valence-corrected chi connectivity index (χ4v) is 1.58. The molecule has 0 unspecified atom stereocenters. The molecule has 0 aliphatic heterocycles. The van der Waals surface area contributed by atoms with Crippen molar-refractivity contribution in [2.75, 3.05) is 0 Å². The number of hydrogen-bond acceptors (Lipinski definition) is 3. The van der Waals surface area contributed by atoms with E-state index in [1.807, 2.05) is 0 Å². The number of aromatic nitrogens is 1. The first-order valence-electron chi connectivity index (χ1n) is 4.09. The van der Waals surface area contributed by atoms with Gasteiger partial charge in [-0.25, -0.2) is 18.6 Å². The fraction of sp³-hybridized carbons (Fsp3) is 0.250. The van der Waals surface area contributed by atoms with Crippen molar-refractivity contribution in [1.29, 1.82) is 0 Å². The van der Waals surface area contributed by atoms with Gasteiger partial charge in [-0.1, -0.05) is 0 Å². The molecule has 1 heterocycles. The monoisotopic (exact) mass is 335 g/mol. The molecule has 0 aliphatic rings. The summed E-state index contributed by atoms with van der Waals surface area (Å²) in [5.41, 5.74) is -2.03. The zero-order valence-electron chi connectivity index (χ0n) is 8.13. The Morgan fingerprint density at radius 2 is 2.00 bits per heavy atom. The van der Waals surface area contributed by atoms with Gasteiger partial charge in [-0.2, -0.15) is 0 Å². The van der Waals surface area contributed by atoms with Gasteiger partial charge in [-0.15, -0.1) is 13.2 Å². The van der Waals surface area contributed by atoms with E-state index in [2.05, 4.69) is 25.7 Å². The number of halogens is 6. The van der Waals surface area contributed by atoms with E-state index in [4.69, 9.17) is 5.11 Å². The summed E-state index contributed by atoms with van der Waals surface area (Å²) in [6.07, 6.45) is -8.53. The first-order valence-corrected chi connectivity index (χ1v) is 4.88. The molecule has 0 amide bonds. The highest BCUT2D eigenvalue weighted by Gasteiger charge is 2.35. The summed E-state index contributed by atoms with van der Waals surface area (Å²) in [6.45, 7) is 0. The fourth-order valence-electron chi connectivity index (χ4n) is 1.02. The molecule has 1 aromatic heterocycles. The maximum absolute atomic E-state index is 12.5. The minimum Gasteiger partial charge on any atom is -0.477 e. The Balaban J connectivity index is 3.38. The lowest BCUT2D eigenvalue weighted by atomic mass is 10.2. The van der Waals surface area contributed by atoms with E-state index in [0.717, 1.165) is 0 Å². The number of nitrogens with zero attached hydrogens (tertiary/aromatic N) is 1. The van der Waals surface area contributed by atoms with Crippen LogP contribution in [0.3, 0.4) is 0 Å². The quantitative estimate of drug-likeness (QED) is 0.679. The number of pyridine rings is 1. The average molecular weight is 336 g/mol. The number of aromatic carboxylic acids is 1. The van der Waals surface area contributed by atoms with Crippen LogP contribution < -0.4 is 4.74 Å². The topological polar surface area (TPSA) is 59.4 Å². The number of carbonyl (C=O) groups is 1. The molecule has 0 radical (unpaired) electrons. The van der Waals surface area contributed by atoms with E-state index in [-0.39, 0.29) is 6.07 Å². The molecule has 18 heavy (non-hydrogen) atoms. The molecule has 0 fully saturated rings. The standard InChI is InChI=1S/C8H3BrF5NO3/c9-5-4(6(10)11)3(18-8(12,13)14)1-2(15-5)7(16)17/h1,6H,(H,16,17). The number of hydrogen-bond donors (Lipinski definition) is 1. The summed E-state index contributed by atoms with van der Waals surface area (Å²) in [5, 5.41) is 8.55. The Kier molecular flexibility index (Phi) is 4.09. The van der Waals surface area contributed by atoms with Crippen LogP contribution in [0.4, 0.5) is 22.0 Å². The molecular formula is C8H3BrF5NO3. The van der Waals surface area contributed by atoms with Crippen LogP contribution in [0.1, 0.15) is 22.5 Å². The molecule has 0 aromatic carbocycles. The number of carboxylic acids is 1. The predicted octanol–water partition coefficient (Wildman–Crippen LogP) is 3.38. The molecule has 0 spiro atoms. The van der Waals surface area contributed by atoms with E-state index in [9.17, 15) is 26.7 Å². The summed E-state index contributed by atoms with van der Waals surface area (Å²) < 4.78 is 63.7.